The van der Waals surface area contributed by atoms with Crippen molar-refractivity contribution < 1.29 is 48.0 Å². The fraction of sp³-hybridized carbons (Fsp3) is 0.514. The van der Waals surface area contributed by atoms with E-state index < -0.39 is 48.0 Å². The van der Waals surface area contributed by atoms with Gasteiger partial charge in [-0.25, -0.2) is 9.59 Å². The van der Waals surface area contributed by atoms with Gasteiger partial charge < -0.3 is 45.7 Å². The summed E-state index contributed by atoms with van der Waals surface area (Å²) in [6.45, 7) is 6.17. The molecule has 1 aliphatic rings. The van der Waals surface area contributed by atoms with Gasteiger partial charge in [0.1, 0.15) is 18.8 Å². The normalized spacial score (nSPS) is 13.4. The Kier molecular flexibility index (Phi) is 15.5. The number of hydrogen-bond acceptors (Lipinski definition) is 10. The SMILES string of the molecule is CC(C)(C)OC(=O)[C@@H](CC(N)C(=O)NCCCCNC(=O)NCCOCCOCC(=O)O)C(=O)OCC1c2ccccc2-c2ccccc21. The van der Waals surface area contributed by atoms with Gasteiger partial charge in [0.05, 0.1) is 25.9 Å². The third-order valence-corrected chi connectivity index (χ3v) is 7.47. The summed E-state index contributed by atoms with van der Waals surface area (Å²) in [5, 5.41) is 16.5. The zero-order valence-corrected chi connectivity index (χ0v) is 28.3. The highest BCUT2D eigenvalue weighted by Gasteiger charge is 2.37. The Hall–Kier alpha value is -4.53. The maximum absolute atomic E-state index is 13.4. The molecule has 2 aromatic rings. The molecule has 0 spiro atoms. The summed E-state index contributed by atoms with van der Waals surface area (Å²) in [4.78, 5) is 61.5. The third-order valence-electron chi connectivity index (χ3n) is 7.47. The van der Waals surface area contributed by atoms with Crippen molar-refractivity contribution >= 4 is 29.8 Å². The van der Waals surface area contributed by atoms with Gasteiger partial charge in [-0.15, -0.1) is 0 Å². The molecule has 3 amide bonds. The van der Waals surface area contributed by atoms with Crippen LogP contribution in [0.1, 0.15) is 57.1 Å². The first kappa shape index (κ1) is 38.9. The average Bonchev–Trinajstić information content (AvgIpc) is 3.37. The van der Waals surface area contributed by atoms with E-state index in [1.165, 1.54) is 0 Å². The second-order valence-corrected chi connectivity index (χ2v) is 12.5. The predicted molar refractivity (Wildman–Crippen MR) is 180 cm³/mol. The Morgan fingerprint density at radius 2 is 1.37 bits per heavy atom. The molecule has 268 valence electrons. The van der Waals surface area contributed by atoms with Gasteiger partial charge in [-0.2, -0.15) is 0 Å². The highest BCUT2D eigenvalue weighted by atomic mass is 16.6. The minimum atomic E-state index is -1.40. The summed E-state index contributed by atoms with van der Waals surface area (Å²) < 4.78 is 21.3. The van der Waals surface area contributed by atoms with Crippen LogP contribution in [0, 0.1) is 5.92 Å². The standard InChI is InChI=1S/C35H48N4O10/c1-35(2,3)49-33(44)27(32(43)48-21-28-25-12-6-4-10-23(25)24-11-5-7-13-26(24)28)20-29(36)31(42)37-14-8-9-15-38-34(45)39-16-17-46-18-19-47-22-30(40)41/h4-7,10-13,27-29H,8-9,14-22,36H2,1-3H3,(H,37,42)(H,40,41)(H2,38,39,45)/t27-,29?/m0/s1. The second-order valence-electron chi connectivity index (χ2n) is 12.5. The van der Waals surface area contributed by atoms with Crippen molar-refractivity contribution in [2.24, 2.45) is 11.7 Å². The van der Waals surface area contributed by atoms with E-state index >= 15 is 0 Å². The number of hydrogen-bond donors (Lipinski definition) is 5. The number of carbonyl (C=O) groups is 5. The van der Waals surface area contributed by atoms with E-state index in [-0.39, 0.29) is 57.9 Å². The minimum absolute atomic E-state index is 0.0129. The van der Waals surface area contributed by atoms with Gasteiger partial charge in [-0.3, -0.25) is 14.4 Å². The van der Waals surface area contributed by atoms with E-state index in [9.17, 15) is 24.0 Å². The van der Waals surface area contributed by atoms with E-state index in [2.05, 4.69) is 16.0 Å². The Morgan fingerprint density at radius 1 is 0.796 bits per heavy atom. The van der Waals surface area contributed by atoms with Gasteiger partial charge in [-0.1, -0.05) is 48.5 Å². The molecule has 14 nitrogen and oxygen atoms in total. The number of amides is 3. The fourth-order valence-electron chi connectivity index (χ4n) is 5.20. The molecule has 2 atom stereocenters. The monoisotopic (exact) mass is 684 g/mol. The van der Waals surface area contributed by atoms with Crippen molar-refractivity contribution in [3.63, 3.8) is 0 Å². The van der Waals surface area contributed by atoms with Gasteiger partial charge in [0.15, 0.2) is 5.92 Å². The summed E-state index contributed by atoms with van der Waals surface area (Å²) >= 11 is 0. The zero-order chi connectivity index (χ0) is 35.8. The topological polar surface area (TPSA) is 205 Å². The highest BCUT2D eigenvalue weighted by molar-refractivity contribution is 5.96. The summed E-state index contributed by atoms with van der Waals surface area (Å²) in [5.74, 6) is -4.80. The second kappa shape index (κ2) is 19.5. The quantitative estimate of drug-likeness (QED) is 0.0778. The number of ether oxygens (including phenoxy) is 4. The molecular formula is C35H48N4O10. The summed E-state index contributed by atoms with van der Waals surface area (Å²) in [7, 11) is 0. The molecule has 0 aliphatic heterocycles. The number of esters is 2. The average molecular weight is 685 g/mol. The van der Waals surface area contributed by atoms with Crippen LogP contribution in [0.15, 0.2) is 48.5 Å². The minimum Gasteiger partial charge on any atom is -0.480 e. The van der Waals surface area contributed by atoms with Crippen molar-refractivity contribution in [2.75, 3.05) is 52.7 Å². The number of fused-ring (bicyclic) bond motifs is 3. The van der Waals surface area contributed by atoms with Gasteiger partial charge in [0, 0.05) is 25.6 Å². The zero-order valence-electron chi connectivity index (χ0n) is 28.3. The Balaban J connectivity index is 1.40. The van der Waals surface area contributed by atoms with Crippen LogP contribution in [0.2, 0.25) is 0 Å². The number of carboxylic acids is 1. The van der Waals surface area contributed by atoms with Crippen molar-refractivity contribution in [3.05, 3.63) is 59.7 Å². The largest absolute Gasteiger partial charge is 0.480 e. The van der Waals surface area contributed by atoms with Crippen LogP contribution in [-0.2, 0) is 38.1 Å². The van der Waals surface area contributed by atoms with Crippen molar-refractivity contribution in [1.82, 2.24) is 16.0 Å². The van der Waals surface area contributed by atoms with Gasteiger partial charge in [0.2, 0.25) is 5.91 Å². The predicted octanol–water partition coefficient (Wildman–Crippen LogP) is 2.33. The molecule has 0 radical (unpaired) electrons. The molecule has 6 N–H and O–H groups in total. The molecule has 3 rings (SSSR count). The van der Waals surface area contributed by atoms with Crippen LogP contribution >= 0.6 is 0 Å². The number of aliphatic carboxylic acids is 1. The van der Waals surface area contributed by atoms with Gasteiger partial charge >= 0.3 is 23.9 Å². The first-order chi connectivity index (χ1) is 23.4. The number of benzene rings is 2. The Labute approximate surface area is 286 Å². The number of carbonyl (C=O) groups excluding carboxylic acids is 4. The van der Waals surface area contributed by atoms with Crippen LogP contribution in [0.25, 0.3) is 11.1 Å². The Bertz CT molecular complexity index is 1380. The first-order valence-corrected chi connectivity index (χ1v) is 16.4. The lowest BCUT2D eigenvalue weighted by molar-refractivity contribution is -0.170. The van der Waals surface area contributed by atoms with Crippen LogP contribution in [0.4, 0.5) is 4.79 Å². The maximum atomic E-state index is 13.4. The van der Waals surface area contributed by atoms with Crippen LogP contribution < -0.4 is 21.7 Å². The maximum Gasteiger partial charge on any atom is 0.329 e. The van der Waals surface area contributed by atoms with E-state index in [1.807, 2.05) is 48.5 Å². The first-order valence-electron chi connectivity index (χ1n) is 16.4. The number of rotatable bonds is 20. The smallest absolute Gasteiger partial charge is 0.329 e. The van der Waals surface area contributed by atoms with Crippen LogP contribution in [0.3, 0.4) is 0 Å². The lowest BCUT2D eigenvalue weighted by Gasteiger charge is -2.25. The number of nitrogens with two attached hydrogens (primary N) is 1. The van der Waals surface area contributed by atoms with E-state index in [0.717, 1.165) is 22.3 Å². The molecule has 0 saturated carbocycles. The lowest BCUT2D eigenvalue weighted by Crippen LogP contribution is -2.45. The lowest BCUT2D eigenvalue weighted by atomic mass is 9.97. The van der Waals surface area contributed by atoms with Crippen molar-refractivity contribution in [1.29, 1.82) is 0 Å². The van der Waals surface area contributed by atoms with E-state index in [0.29, 0.717) is 19.4 Å². The van der Waals surface area contributed by atoms with E-state index in [4.69, 9.17) is 29.8 Å². The molecule has 0 aromatic heterocycles. The van der Waals surface area contributed by atoms with Crippen molar-refractivity contribution in [3.8, 4) is 11.1 Å². The molecule has 0 saturated heterocycles. The Morgan fingerprint density at radius 3 is 1.98 bits per heavy atom. The highest BCUT2D eigenvalue weighted by Crippen LogP contribution is 2.44. The molecular weight excluding hydrogens is 636 g/mol. The molecule has 2 aromatic carbocycles. The van der Waals surface area contributed by atoms with Gasteiger partial charge in [0.25, 0.3) is 0 Å². The van der Waals surface area contributed by atoms with Gasteiger partial charge in [-0.05, 0) is 62.3 Å². The number of unbranched alkanes of at least 4 members (excludes halogenated alkanes) is 1. The molecule has 49 heavy (non-hydrogen) atoms. The molecule has 0 bridgehead atoms. The summed E-state index contributed by atoms with van der Waals surface area (Å²) in [6.07, 6.45) is 0.818. The number of carboxylic acid groups (broad SMARTS) is 1. The molecule has 14 heteroatoms. The fourth-order valence-corrected chi connectivity index (χ4v) is 5.20. The van der Waals surface area contributed by atoms with E-state index in [1.54, 1.807) is 20.8 Å². The summed E-state index contributed by atoms with van der Waals surface area (Å²) in [6, 6.07) is 14.3. The molecule has 0 fully saturated rings. The van der Waals surface area contributed by atoms with Crippen LogP contribution in [-0.4, -0.2) is 99.3 Å². The molecule has 1 aliphatic carbocycles. The molecule has 1 unspecified atom stereocenters. The molecule has 0 heterocycles. The van der Waals surface area contributed by atoms with Crippen molar-refractivity contribution in [2.45, 2.75) is 57.6 Å². The number of nitrogens with one attached hydrogen (secondary N) is 3. The van der Waals surface area contributed by atoms with Crippen LogP contribution in [0.5, 0.6) is 0 Å². The number of urea groups is 1. The summed E-state index contributed by atoms with van der Waals surface area (Å²) in [5.41, 5.74) is 9.48. The third kappa shape index (κ3) is 13.1.